The van der Waals surface area contributed by atoms with Crippen LogP contribution in [0.3, 0.4) is 0 Å². The maximum absolute atomic E-state index is 13.8. The van der Waals surface area contributed by atoms with Crippen LogP contribution in [-0.4, -0.2) is 41.9 Å². The van der Waals surface area contributed by atoms with Gasteiger partial charge >= 0.3 is 0 Å². The quantitative estimate of drug-likeness (QED) is 0.849. The molecule has 2 fully saturated rings. The lowest BCUT2D eigenvalue weighted by Crippen LogP contribution is -2.49. The van der Waals surface area contributed by atoms with E-state index in [1.54, 1.807) is 6.07 Å². The predicted octanol–water partition coefficient (Wildman–Crippen LogP) is 3.44. The van der Waals surface area contributed by atoms with Gasteiger partial charge in [-0.25, -0.2) is 4.39 Å². The van der Waals surface area contributed by atoms with E-state index < -0.39 is 0 Å². The molecule has 0 spiro atoms. The third-order valence-electron chi connectivity index (χ3n) is 5.43. The molecule has 1 atom stereocenters. The molecule has 3 rings (SSSR count). The Morgan fingerprint density at radius 1 is 1.22 bits per heavy atom. The van der Waals surface area contributed by atoms with Gasteiger partial charge in [0.2, 0.25) is 5.91 Å². The largest absolute Gasteiger partial charge is 0.341 e. The van der Waals surface area contributed by atoms with Gasteiger partial charge in [0.05, 0.1) is 0 Å². The molecule has 126 valence electrons. The van der Waals surface area contributed by atoms with Gasteiger partial charge in [-0.15, -0.1) is 0 Å². The van der Waals surface area contributed by atoms with E-state index in [2.05, 4.69) is 4.90 Å². The minimum Gasteiger partial charge on any atom is -0.341 e. The molecule has 2 aliphatic rings. The molecule has 0 bridgehead atoms. The molecule has 0 N–H and O–H groups in total. The van der Waals surface area contributed by atoms with Gasteiger partial charge in [-0.2, -0.15) is 0 Å². The number of carbonyl (C=O) groups is 1. The van der Waals surface area contributed by atoms with Gasteiger partial charge in [0.15, 0.2) is 0 Å². The maximum atomic E-state index is 13.8. The first-order valence-corrected chi connectivity index (χ1v) is 8.87. The Morgan fingerprint density at radius 3 is 2.70 bits per heavy atom. The summed E-state index contributed by atoms with van der Waals surface area (Å²) in [6, 6.07) is 7.25. The summed E-state index contributed by atoms with van der Waals surface area (Å²) in [5.74, 6) is 0.423. The van der Waals surface area contributed by atoms with Gasteiger partial charge in [0.1, 0.15) is 5.82 Å². The number of piperidine rings is 1. The number of rotatable bonds is 4. The van der Waals surface area contributed by atoms with Crippen molar-refractivity contribution in [2.24, 2.45) is 5.92 Å². The topological polar surface area (TPSA) is 23.6 Å². The monoisotopic (exact) mass is 318 g/mol. The zero-order valence-electron chi connectivity index (χ0n) is 14.0. The van der Waals surface area contributed by atoms with Gasteiger partial charge in [0, 0.05) is 37.7 Å². The highest BCUT2D eigenvalue weighted by Gasteiger charge is 2.31. The van der Waals surface area contributed by atoms with Gasteiger partial charge < -0.3 is 4.90 Å². The predicted molar refractivity (Wildman–Crippen MR) is 89.4 cm³/mol. The lowest BCUT2D eigenvalue weighted by atomic mass is 10.0. The summed E-state index contributed by atoms with van der Waals surface area (Å²) in [5, 5.41) is 0. The maximum Gasteiger partial charge on any atom is 0.225 e. The first kappa shape index (κ1) is 16.4. The van der Waals surface area contributed by atoms with E-state index in [9.17, 15) is 9.18 Å². The van der Waals surface area contributed by atoms with Crippen molar-refractivity contribution in [3.8, 4) is 0 Å². The zero-order valence-corrected chi connectivity index (χ0v) is 14.0. The summed E-state index contributed by atoms with van der Waals surface area (Å²) in [7, 11) is 1.96. The van der Waals surface area contributed by atoms with E-state index in [4.69, 9.17) is 0 Å². The summed E-state index contributed by atoms with van der Waals surface area (Å²) in [6.45, 7) is 2.47. The molecule has 1 heterocycles. The fourth-order valence-corrected chi connectivity index (χ4v) is 4.00. The van der Waals surface area contributed by atoms with Crippen molar-refractivity contribution in [3.63, 3.8) is 0 Å². The van der Waals surface area contributed by atoms with E-state index in [1.807, 2.05) is 24.1 Å². The van der Waals surface area contributed by atoms with Crippen LogP contribution >= 0.6 is 0 Å². The van der Waals surface area contributed by atoms with Crippen molar-refractivity contribution >= 4 is 5.91 Å². The molecule has 0 aromatic heterocycles. The SMILES string of the molecule is CN(C(=O)C1CCCC1)C1CCCN(Cc2ccccc2F)C1. The highest BCUT2D eigenvalue weighted by atomic mass is 19.1. The van der Waals surface area contributed by atoms with Crippen LogP contribution in [0.25, 0.3) is 0 Å². The normalized spacial score (nSPS) is 23.1. The number of amides is 1. The van der Waals surface area contributed by atoms with Crippen molar-refractivity contribution in [2.75, 3.05) is 20.1 Å². The van der Waals surface area contributed by atoms with Crippen LogP contribution in [0.5, 0.6) is 0 Å². The second-order valence-electron chi connectivity index (χ2n) is 7.05. The molecule has 1 saturated carbocycles. The molecule has 4 heteroatoms. The number of likely N-dealkylation sites (tertiary alicyclic amines) is 1. The van der Waals surface area contributed by atoms with E-state index >= 15 is 0 Å². The number of carbonyl (C=O) groups excluding carboxylic acids is 1. The Hall–Kier alpha value is -1.42. The zero-order chi connectivity index (χ0) is 16.2. The number of nitrogens with zero attached hydrogens (tertiary/aromatic N) is 2. The van der Waals surface area contributed by atoms with Crippen LogP contribution < -0.4 is 0 Å². The van der Waals surface area contributed by atoms with Crippen molar-refractivity contribution < 1.29 is 9.18 Å². The molecule has 1 saturated heterocycles. The van der Waals surface area contributed by atoms with Crippen molar-refractivity contribution in [1.82, 2.24) is 9.80 Å². The van der Waals surface area contributed by atoms with Crippen LogP contribution in [0.15, 0.2) is 24.3 Å². The Balaban J connectivity index is 1.59. The first-order valence-electron chi connectivity index (χ1n) is 8.87. The number of likely N-dealkylation sites (N-methyl/N-ethyl adjacent to an activating group) is 1. The number of hydrogen-bond acceptors (Lipinski definition) is 2. The van der Waals surface area contributed by atoms with Crippen LogP contribution in [-0.2, 0) is 11.3 Å². The lowest BCUT2D eigenvalue weighted by Gasteiger charge is -2.38. The molecule has 3 nitrogen and oxygen atoms in total. The summed E-state index contributed by atoms with van der Waals surface area (Å²) >= 11 is 0. The Bertz CT molecular complexity index is 542. The Kier molecular flexibility index (Phi) is 5.31. The fraction of sp³-hybridized carbons (Fsp3) is 0.632. The van der Waals surface area contributed by atoms with Gasteiger partial charge in [-0.1, -0.05) is 31.0 Å². The Labute approximate surface area is 138 Å². The molecule has 0 radical (unpaired) electrons. The number of benzene rings is 1. The molecule has 1 aliphatic carbocycles. The summed E-state index contributed by atoms with van der Waals surface area (Å²) < 4.78 is 13.8. The van der Waals surface area contributed by atoms with Crippen LogP contribution in [0, 0.1) is 11.7 Å². The highest BCUT2D eigenvalue weighted by molar-refractivity contribution is 5.79. The van der Waals surface area contributed by atoms with Crippen LogP contribution in [0.2, 0.25) is 0 Å². The minimum absolute atomic E-state index is 0.134. The minimum atomic E-state index is -0.134. The number of hydrogen-bond donors (Lipinski definition) is 0. The summed E-state index contributed by atoms with van der Waals surface area (Å²) in [6.07, 6.45) is 6.61. The van der Waals surface area contributed by atoms with E-state index in [1.165, 1.54) is 18.9 Å². The highest BCUT2D eigenvalue weighted by Crippen LogP contribution is 2.28. The molecular formula is C19H27FN2O. The van der Waals surface area contributed by atoms with E-state index in [0.29, 0.717) is 12.5 Å². The lowest BCUT2D eigenvalue weighted by molar-refractivity contribution is -0.137. The average Bonchev–Trinajstić information content (AvgIpc) is 3.10. The molecule has 1 aromatic rings. The van der Waals surface area contributed by atoms with Gasteiger partial charge in [-0.05, 0) is 38.3 Å². The fourth-order valence-electron chi connectivity index (χ4n) is 4.00. The second-order valence-corrected chi connectivity index (χ2v) is 7.05. The molecule has 1 aliphatic heterocycles. The Morgan fingerprint density at radius 2 is 1.96 bits per heavy atom. The third kappa shape index (κ3) is 3.92. The standard InChI is InChI=1S/C19H27FN2O/c1-21(19(23)15-7-2-3-8-15)17-10-6-12-22(14-17)13-16-9-4-5-11-18(16)20/h4-5,9,11,15,17H,2-3,6-8,10,12-14H2,1H3. The smallest absolute Gasteiger partial charge is 0.225 e. The second kappa shape index (κ2) is 7.43. The van der Waals surface area contributed by atoms with Crippen molar-refractivity contribution in [1.29, 1.82) is 0 Å². The first-order chi connectivity index (χ1) is 11.1. The van der Waals surface area contributed by atoms with Gasteiger partial charge in [0.25, 0.3) is 0 Å². The van der Waals surface area contributed by atoms with Crippen molar-refractivity contribution in [3.05, 3.63) is 35.6 Å². The summed E-state index contributed by atoms with van der Waals surface area (Å²) in [4.78, 5) is 16.9. The number of halogens is 1. The van der Waals surface area contributed by atoms with E-state index in [0.717, 1.165) is 44.3 Å². The van der Waals surface area contributed by atoms with Crippen LogP contribution in [0.4, 0.5) is 4.39 Å². The molecule has 1 amide bonds. The third-order valence-corrected chi connectivity index (χ3v) is 5.43. The molecular weight excluding hydrogens is 291 g/mol. The average molecular weight is 318 g/mol. The molecule has 1 unspecified atom stereocenters. The molecule has 1 aromatic carbocycles. The molecule has 23 heavy (non-hydrogen) atoms. The van der Waals surface area contributed by atoms with E-state index in [-0.39, 0.29) is 17.8 Å². The van der Waals surface area contributed by atoms with Gasteiger partial charge in [-0.3, -0.25) is 9.69 Å². The van der Waals surface area contributed by atoms with Crippen LogP contribution in [0.1, 0.15) is 44.1 Å². The van der Waals surface area contributed by atoms with Crippen molar-refractivity contribution in [2.45, 2.75) is 51.1 Å². The summed E-state index contributed by atoms with van der Waals surface area (Å²) in [5.41, 5.74) is 0.748.